The Kier molecular flexibility index (Phi) is 5.56. The van der Waals surface area contributed by atoms with Gasteiger partial charge < -0.3 is 14.5 Å². The first-order chi connectivity index (χ1) is 14.2. The van der Waals surface area contributed by atoms with Crippen LogP contribution in [0.3, 0.4) is 0 Å². The van der Waals surface area contributed by atoms with Crippen LogP contribution in [0, 0.1) is 0 Å². The summed E-state index contributed by atoms with van der Waals surface area (Å²) >= 11 is 0. The molecule has 0 bridgehead atoms. The highest BCUT2D eigenvalue weighted by Gasteiger charge is 2.28. The summed E-state index contributed by atoms with van der Waals surface area (Å²) in [4.78, 5) is 25.0. The monoisotopic (exact) mass is 389 g/mol. The molecule has 1 atom stereocenters. The van der Waals surface area contributed by atoms with Crippen LogP contribution in [0.5, 0.6) is 11.5 Å². The first-order valence-corrected chi connectivity index (χ1v) is 9.57. The summed E-state index contributed by atoms with van der Waals surface area (Å²) in [5.41, 5.74) is 1.13. The number of ether oxygens (including phenoxy) is 1. The van der Waals surface area contributed by atoms with E-state index in [0.29, 0.717) is 11.6 Å². The predicted molar refractivity (Wildman–Crippen MR) is 112 cm³/mol. The number of amides is 2. The number of pyridine rings is 2. The van der Waals surface area contributed by atoms with Crippen LogP contribution in [-0.2, 0) is 0 Å². The molecule has 0 aliphatic carbocycles. The quantitative estimate of drug-likeness (QED) is 0.714. The van der Waals surface area contributed by atoms with Gasteiger partial charge in [0.1, 0.15) is 17.3 Å². The minimum absolute atomic E-state index is 0.142. The average Bonchev–Trinajstić information content (AvgIpc) is 3.26. The second kappa shape index (κ2) is 8.60. The molecule has 1 N–H and O–H groups in total. The van der Waals surface area contributed by atoms with Gasteiger partial charge in [-0.25, -0.2) is 9.78 Å². The van der Waals surface area contributed by atoms with E-state index in [0.717, 1.165) is 30.9 Å². The maximum absolute atomic E-state index is 12.6. The molecular formula is C22H23N5O2. The number of hydrogen-bond donors (Lipinski definition) is 1. The summed E-state index contributed by atoms with van der Waals surface area (Å²) in [6, 6.07) is 17.0. The van der Waals surface area contributed by atoms with Gasteiger partial charge in [0, 0.05) is 38.2 Å². The Hall–Kier alpha value is -3.61. The highest BCUT2D eigenvalue weighted by Crippen LogP contribution is 2.23. The number of aromatic nitrogens is 2. The predicted octanol–water partition coefficient (Wildman–Crippen LogP) is 4.01. The normalized spacial score (nSPS) is 15.8. The third-order valence-corrected chi connectivity index (χ3v) is 5.01. The smallest absolute Gasteiger partial charge is 0.323 e. The molecule has 29 heavy (non-hydrogen) atoms. The summed E-state index contributed by atoms with van der Waals surface area (Å²) < 4.78 is 5.73. The van der Waals surface area contributed by atoms with Crippen molar-refractivity contribution in [2.45, 2.75) is 12.5 Å². The van der Waals surface area contributed by atoms with E-state index in [1.165, 1.54) is 0 Å². The second-order valence-corrected chi connectivity index (χ2v) is 6.93. The Morgan fingerprint density at radius 2 is 1.90 bits per heavy atom. The maximum atomic E-state index is 12.6. The van der Waals surface area contributed by atoms with Crippen molar-refractivity contribution in [2.75, 3.05) is 30.4 Å². The Labute approximate surface area is 170 Å². The van der Waals surface area contributed by atoms with Gasteiger partial charge >= 0.3 is 6.03 Å². The van der Waals surface area contributed by atoms with E-state index in [9.17, 15) is 4.79 Å². The minimum Gasteiger partial charge on any atom is -0.456 e. The Morgan fingerprint density at radius 1 is 1.10 bits per heavy atom. The van der Waals surface area contributed by atoms with Crippen molar-refractivity contribution >= 4 is 17.5 Å². The van der Waals surface area contributed by atoms with Gasteiger partial charge in [-0.1, -0.05) is 18.2 Å². The number of carbonyl (C=O) groups is 1. The number of likely N-dealkylation sites (N-methyl/N-ethyl adjacent to an activating group) is 1. The van der Waals surface area contributed by atoms with Crippen LogP contribution >= 0.6 is 0 Å². The van der Waals surface area contributed by atoms with Crippen molar-refractivity contribution in [1.82, 2.24) is 14.9 Å². The van der Waals surface area contributed by atoms with Gasteiger partial charge in [-0.2, -0.15) is 0 Å². The Balaban J connectivity index is 1.32. The number of rotatable bonds is 5. The summed E-state index contributed by atoms with van der Waals surface area (Å²) in [5.74, 6) is 1.85. The summed E-state index contributed by atoms with van der Waals surface area (Å²) in [7, 11) is 1.82. The minimum atomic E-state index is -0.171. The van der Waals surface area contributed by atoms with E-state index >= 15 is 0 Å². The van der Waals surface area contributed by atoms with E-state index < -0.39 is 0 Å². The highest BCUT2D eigenvalue weighted by molar-refractivity contribution is 5.88. The molecule has 4 rings (SSSR count). The lowest BCUT2D eigenvalue weighted by molar-refractivity contribution is 0.208. The zero-order valence-electron chi connectivity index (χ0n) is 16.2. The van der Waals surface area contributed by atoms with E-state index in [-0.39, 0.29) is 12.1 Å². The summed E-state index contributed by atoms with van der Waals surface area (Å²) in [6.45, 7) is 1.71. The summed E-state index contributed by atoms with van der Waals surface area (Å²) in [5, 5.41) is 2.86. The lowest BCUT2D eigenvalue weighted by Gasteiger charge is -2.25. The molecule has 1 aliphatic heterocycles. The molecule has 7 heteroatoms. The number of benzene rings is 1. The van der Waals surface area contributed by atoms with Crippen LogP contribution < -0.4 is 15.0 Å². The molecule has 7 nitrogen and oxygen atoms in total. The molecule has 0 radical (unpaired) electrons. The highest BCUT2D eigenvalue weighted by atomic mass is 16.5. The van der Waals surface area contributed by atoms with Gasteiger partial charge in [-0.3, -0.25) is 10.3 Å². The van der Waals surface area contributed by atoms with E-state index in [1.54, 1.807) is 35.6 Å². The maximum Gasteiger partial charge on any atom is 0.323 e. The van der Waals surface area contributed by atoms with Crippen LogP contribution in [0.1, 0.15) is 6.42 Å². The first kappa shape index (κ1) is 18.7. The van der Waals surface area contributed by atoms with E-state index in [2.05, 4.69) is 20.2 Å². The van der Waals surface area contributed by atoms with Crippen molar-refractivity contribution < 1.29 is 9.53 Å². The molecule has 1 saturated heterocycles. The molecule has 3 aromatic rings. The fraction of sp³-hybridized carbons (Fsp3) is 0.227. The fourth-order valence-corrected chi connectivity index (χ4v) is 3.35. The molecule has 0 spiro atoms. The van der Waals surface area contributed by atoms with Crippen molar-refractivity contribution in [3.63, 3.8) is 0 Å². The van der Waals surface area contributed by atoms with Gasteiger partial charge in [0.05, 0.1) is 12.2 Å². The molecule has 0 saturated carbocycles. The molecule has 1 aliphatic rings. The second-order valence-electron chi connectivity index (χ2n) is 6.93. The van der Waals surface area contributed by atoms with Crippen molar-refractivity contribution in [3.8, 4) is 11.5 Å². The molecule has 3 heterocycles. The fourth-order valence-electron chi connectivity index (χ4n) is 3.35. The standard InChI is InChI=1S/C22H23N5O2/c1-26(18-11-14-27(16-18)17-9-12-23-13-10-17)22(28)25-21-8-7-20(15-24-21)29-19-5-3-2-4-6-19/h2-10,12-13,15,18H,11,14,16H2,1H3,(H,24,25,28). The van der Waals surface area contributed by atoms with E-state index in [1.807, 2.05) is 49.5 Å². The van der Waals surface area contributed by atoms with Crippen LogP contribution in [0.2, 0.25) is 0 Å². The number of carbonyl (C=O) groups excluding carboxylic acids is 1. The van der Waals surface area contributed by atoms with Gasteiger partial charge in [0.15, 0.2) is 0 Å². The van der Waals surface area contributed by atoms with Gasteiger partial charge in [-0.15, -0.1) is 0 Å². The van der Waals surface area contributed by atoms with Crippen LogP contribution in [0.25, 0.3) is 0 Å². The number of nitrogens with zero attached hydrogens (tertiary/aromatic N) is 4. The third-order valence-electron chi connectivity index (χ3n) is 5.01. The number of urea groups is 1. The van der Waals surface area contributed by atoms with Crippen LogP contribution in [-0.4, -0.2) is 47.1 Å². The van der Waals surface area contributed by atoms with Gasteiger partial charge in [0.2, 0.25) is 0 Å². The van der Waals surface area contributed by atoms with Crippen LogP contribution in [0.15, 0.2) is 73.2 Å². The first-order valence-electron chi connectivity index (χ1n) is 9.57. The van der Waals surface area contributed by atoms with Crippen molar-refractivity contribution in [2.24, 2.45) is 0 Å². The Morgan fingerprint density at radius 3 is 2.62 bits per heavy atom. The number of para-hydroxylation sites is 1. The van der Waals surface area contributed by atoms with Crippen LogP contribution in [0.4, 0.5) is 16.3 Å². The summed E-state index contributed by atoms with van der Waals surface area (Å²) in [6.07, 6.45) is 6.10. The number of anilines is 2. The average molecular weight is 389 g/mol. The molecule has 1 unspecified atom stereocenters. The SMILES string of the molecule is CN(C(=O)Nc1ccc(Oc2ccccc2)cn1)C1CCN(c2ccncc2)C1. The number of hydrogen-bond acceptors (Lipinski definition) is 5. The molecule has 1 aromatic carbocycles. The lowest BCUT2D eigenvalue weighted by atomic mass is 10.2. The third kappa shape index (κ3) is 4.63. The molecule has 1 fully saturated rings. The van der Waals surface area contributed by atoms with E-state index in [4.69, 9.17) is 4.74 Å². The zero-order valence-corrected chi connectivity index (χ0v) is 16.2. The number of nitrogens with one attached hydrogen (secondary N) is 1. The largest absolute Gasteiger partial charge is 0.456 e. The molecule has 2 aromatic heterocycles. The topological polar surface area (TPSA) is 70.6 Å². The molecule has 148 valence electrons. The van der Waals surface area contributed by atoms with Crippen molar-refractivity contribution in [3.05, 3.63) is 73.2 Å². The van der Waals surface area contributed by atoms with Gasteiger partial charge in [-0.05, 0) is 42.8 Å². The zero-order chi connectivity index (χ0) is 20.1. The lowest BCUT2D eigenvalue weighted by Crippen LogP contribution is -2.41. The molecular weight excluding hydrogens is 366 g/mol. The Bertz CT molecular complexity index is 934. The molecule has 2 amide bonds. The van der Waals surface area contributed by atoms with Gasteiger partial charge in [0.25, 0.3) is 0 Å². The van der Waals surface area contributed by atoms with Crippen molar-refractivity contribution in [1.29, 1.82) is 0 Å².